The summed E-state index contributed by atoms with van der Waals surface area (Å²) in [7, 11) is 0. The van der Waals surface area contributed by atoms with Crippen molar-refractivity contribution >= 4 is 21.8 Å². The minimum Gasteiger partial charge on any atom is -0.489 e. The Morgan fingerprint density at radius 2 is 1.84 bits per heavy atom. The lowest BCUT2D eigenvalue weighted by Gasteiger charge is -2.34. The summed E-state index contributed by atoms with van der Waals surface area (Å²) in [6.45, 7) is 8.04. The van der Waals surface area contributed by atoms with E-state index >= 15 is 0 Å². The molecular formula is C25H28BrN3O3. The van der Waals surface area contributed by atoms with Crippen LogP contribution in [0.25, 0.3) is 0 Å². The molecule has 1 fully saturated rings. The predicted molar refractivity (Wildman–Crippen MR) is 127 cm³/mol. The van der Waals surface area contributed by atoms with Gasteiger partial charge in [0.1, 0.15) is 18.1 Å². The van der Waals surface area contributed by atoms with Crippen LogP contribution in [0.5, 0.6) is 5.75 Å². The summed E-state index contributed by atoms with van der Waals surface area (Å²) in [5.41, 5.74) is 3.59. The number of carbonyl (C=O) groups excluding carboxylic acids is 1. The van der Waals surface area contributed by atoms with E-state index in [4.69, 9.17) is 9.26 Å². The van der Waals surface area contributed by atoms with Gasteiger partial charge in [0, 0.05) is 37.2 Å². The van der Waals surface area contributed by atoms with Gasteiger partial charge in [-0.15, -0.1) is 0 Å². The zero-order valence-corrected chi connectivity index (χ0v) is 20.1. The van der Waals surface area contributed by atoms with Crippen LogP contribution in [-0.2, 0) is 19.6 Å². The maximum atomic E-state index is 13.2. The zero-order valence-electron chi connectivity index (χ0n) is 18.5. The van der Waals surface area contributed by atoms with E-state index in [2.05, 4.69) is 57.2 Å². The van der Waals surface area contributed by atoms with Gasteiger partial charge < -0.3 is 14.2 Å². The normalized spacial score (nSPS) is 14.5. The molecular weight excluding hydrogens is 470 g/mol. The van der Waals surface area contributed by atoms with Gasteiger partial charge in [-0.25, -0.2) is 0 Å². The highest BCUT2D eigenvalue weighted by atomic mass is 79.9. The summed E-state index contributed by atoms with van der Waals surface area (Å²) >= 11 is 3.53. The molecule has 1 amide bonds. The molecule has 7 heteroatoms. The van der Waals surface area contributed by atoms with Crippen LogP contribution >= 0.6 is 15.9 Å². The van der Waals surface area contributed by atoms with E-state index in [1.54, 1.807) is 0 Å². The molecule has 0 atom stereocenters. The first-order chi connectivity index (χ1) is 15.5. The van der Waals surface area contributed by atoms with Crippen molar-refractivity contribution < 1.29 is 14.1 Å². The number of benzene rings is 2. The van der Waals surface area contributed by atoms with Crippen molar-refractivity contribution in [1.29, 1.82) is 0 Å². The van der Waals surface area contributed by atoms with E-state index in [1.807, 2.05) is 36.1 Å². The Balaban J connectivity index is 1.35. The molecule has 6 nitrogen and oxygen atoms in total. The third-order valence-corrected chi connectivity index (χ3v) is 6.35. The largest absolute Gasteiger partial charge is 0.489 e. The molecule has 0 bridgehead atoms. The number of carbonyl (C=O) groups is 1. The second-order valence-corrected chi connectivity index (χ2v) is 8.97. The summed E-state index contributed by atoms with van der Waals surface area (Å²) in [6.07, 6.45) is 0.986. The molecule has 3 aromatic rings. The van der Waals surface area contributed by atoms with Gasteiger partial charge in [0.25, 0.3) is 5.91 Å². The molecule has 0 N–H and O–H groups in total. The van der Waals surface area contributed by atoms with E-state index in [9.17, 15) is 4.79 Å². The van der Waals surface area contributed by atoms with Gasteiger partial charge in [0.15, 0.2) is 5.69 Å². The Hall–Kier alpha value is -2.64. The number of hydrogen-bond acceptors (Lipinski definition) is 5. The van der Waals surface area contributed by atoms with Crippen LogP contribution < -0.4 is 4.74 Å². The van der Waals surface area contributed by atoms with Gasteiger partial charge in [-0.1, -0.05) is 52.3 Å². The van der Waals surface area contributed by atoms with Crippen LogP contribution in [-0.4, -0.2) is 47.0 Å². The quantitative estimate of drug-likeness (QED) is 0.467. The number of rotatable bonds is 7. The molecule has 1 saturated heterocycles. The molecule has 4 rings (SSSR count). The summed E-state index contributed by atoms with van der Waals surface area (Å²) in [5, 5.41) is 4.06. The number of aryl methyl sites for hydroxylation is 2. The second-order valence-electron chi connectivity index (χ2n) is 8.05. The molecule has 0 aliphatic carbocycles. The molecule has 0 unspecified atom stereocenters. The van der Waals surface area contributed by atoms with Gasteiger partial charge in [-0.05, 0) is 48.7 Å². The Morgan fingerprint density at radius 3 is 2.53 bits per heavy atom. The van der Waals surface area contributed by atoms with Gasteiger partial charge in [0.2, 0.25) is 0 Å². The molecule has 2 heterocycles. The topological polar surface area (TPSA) is 58.8 Å². The number of amides is 1. The highest BCUT2D eigenvalue weighted by molar-refractivity contribution is 9.10. The number of nitrogens with zero attached hydrogens (tertiary/aromatic N) is 3. The van der Waals surface area contributed by atoms with Crippen LogP contribution in [0, 0.1) is 6.92 Å². The number of hydrogen-bond donors (Lipinski definition) is 0. The van der Waals surface area contributed by atoms with E-state index in [1.165, 1.54) is 11.1 Å². The average molecular weight is 498 g/mol. The van der Waals surface area contributed by atoms with Crippen molar-refractivity contribution in [2.75, 3.05) is 26.2 Å². The zero-order chi connectivity index (χ0) is 22.5. The summed E-state index contributed by atoms with van der Waals surface area (Å²) in [6, 6.07) is 16.3. The number of piperazine rings is 1. The smallest absolute Gasteiger partial charge is 0.276 e. The molecule has 2 aromatic carbocycles. The Labute approximate surface area is 197 Å². The standard InChI is InChI=1S/C25H28BrN3O3/c1-3-19-7-9-22(10-8-19)31-17-23-18(2)32-27-24(23)25(30)29-13-11-28(12-14-29)16-20-5-4-6-21(26)15-20/h4-10,15H,3,11-14,16-17H2,1-2H3. The van der Waals surface area contributed by atoms with E-state index in [0.717, 1.165) is 36.3 Å². The molecule has 168 valence electrons. The Morgan fingerprint density at radius 1 is 1.09 bits per heavy atom. The molecule has 1 aliphatic heterocycles. The number of ether oxygens (including phenoxy) is 1. The van der Waals surface area contributed by atoms with Crippen LogP contribution in [0.15, 0.2) is 57.5 Å². The third kappa shape index (κ3) is 5.40. The van der Waals surface area contributed by atoms with Crippen LogP contribution in [0.4, 0.5) is 0 Å². The van der Waals surface area contributed by atoms with Crippen LogP contribution in [0.3, 0.4) is 0 Å². The Bertz CT molecular complexity index is 1060. The minimum atomic E-state index is -0.0936. The molecule has 0 saturated carbocycles. The van der Waals surface area contributed by atoms with Gasteiger partial charge >= 0.3 is 0 Å². The fraction of sp³-hybridized carbons (Fsp3) is 0.360. The molecule has 1 aliphatic rings. The predicted octanol–water partition coefficient (Wildman–Crippen LogP) is 4.84. The minimum absolute atomic E-state index is 0.0936. The van der Waals surface area contributed by atoms with Crippen molar-refractivity contribution in [3.8, 4) is 5.75 Å². The third-order valence-electron chi connectivity index (χ3n) is 5.86. The maximum Gasteiger partial charge on any atom is 0.276 e. The molecule has 32 heavy (non-hydrogen) atoms. The van der Waals surface area contributed by atoms with Crippen molar-refractivity contribution in [2.45, 2.75) is 33.4 Å². The lowest BCUT2D eigenvalue weighted by atomic mass is 10.1. The lowest BCUT2D eigenvalue weighted by Crippen LogP contribution is -2.48. The first-order valence-corrected chi connectivity index (χ1v) is 11.8. The number of halogens is 1. The van der Waals surface area contributed by atoms with E-state index in [-0.39, 0.29) is 12.5 Å². The van der Waals surface area contributed by atoms with Crippen LogP contribution in [0.2, 0.25) is 0 Å². The second kappa shape index (κ2) is 10.3. The number of aromatic nitrogens is 1. The van der Waals surface area contributed by atoms with Gasteiger partial charge in [-0.2, -0.15) is 0 Å². The first kappa shape index (κ1) is 22.6. The fourth-order valence-corrected chi connectivity index (χ4v) is 4.31. The van der Waals surface area contributed by atoms with Crippen molar-refractivity contribution in [3.05, 3.63) is 81.1 Å². The summed E-state index contributed by atoms with van der Waals surface area (Å²) in [4.78, 5) is 17.4. The highest BCUT2D eigenvalue weighted by Crippen LogP contribution is 2.21. The fourth-order valence-electron chi connectivity index (χ4n) is 3.86. The Kier molecular flexibility index (Phi) is 7.27. The van der Waals surface area contributed by atoms with E-state index in [0.29, 0.717) is 30.1 Å². The van der Waals surface area contributed by atoms with E-state index < -0.39 is 0 Å². The monoisotopic (exact) mass is 497 g/mol. The van der Waals surface area contributed by atoms with Gasteiger partial charge in [-0.3, -0.25) is 9.69 Å². The summed E-state index contributed by atoms with van der Waals surface area (Å²) in [5.74, 6) is 1.29. The highest BCUT2D eigenvalue weighted by Gasteiger charge is 2.28. The molecule has 0 radical (unpaired) electrons. The molecule has 0 spiro atoms. The van der Waals surface area contributed by atoms with Gasteiger partial charge in [0.05, 0.1) is 5.56 Å². The molecule has 1 aromatic heterocycles. The van der Waals surface area contributed by atoms with Crippen molar-refractivity contribution in [2.24, 2.45) is 0 Å². The van der Waals surface area contributed by atoms with Crippen molar-refractivity contribution in [1.82, 2.24) is 15.0 Å². The van der Waals surface area contributed by atoms with Crippen molar-refractivity contribution in [3.63, 3.8) is 0 Å². The van der Waals surface area contributed by atoms with Crippen LogP contribution in [0.1, 0.15) is 39.9 Å². The maximum absolute atomic E-state index is 13.2. The summed E-state index contributed by atoms with van der Waals surface area (Å²) < 4.78 is 12.4. The lowest BCUT2D eigenvalue weighted by molar-refractivity contribution is 0.0616. The first-order valence-electron chi connectivity index (χ1n) is 11.0. The average Bonchev–Trinajstić information content (AvgIpc) is 3.18. The SMILES string of the molecule is CCc1ccc(OCc2c(C(=O)N3CCN(Cc4cccc(Br)c4)CC3)noc2C)cc1.